The lowest BCUT2D eigenvalue weighted by Gasteiger charge is -2.32. The Morgan fingerprint density at radius 1 is 1.02 bits per heavy atom. The van der Waals surface area contributed by atoms with Crippen molar-refractivity contribution in [1.29, 1.82) is 0 Å². The van der Waals surface area contributed by atoms with Gasteiger partial charge in [0.15, 0.2) is 5.82 Å². The van der Waals surface area contributed by atoms with Gasteiger partial charge in [-0.2, -0.15) is 0 Å². The molecule has 0 spiro atoms. The molecule has 1 amide bonds. The first-order valence-corrected chi connectivity index (χ1v) is 14.2. The van der Waals surface area contributed by atoms with E-state index in [0.29, 0.717) is 35.8 Å². The molecule has 2 aliphatic heterocycles. The SMILES string of the molecule is CCCc1cnc(N2CCC(n3cc(F)c4c(Cc5ccc(C(=O)N6CC[C@@H](O)C6)cc5F)ncnc43)CC2)nc1. The zero-order valence-corrected chi connectivity index (χ0v) is 23.0. The largest absolute Gasteiger partial charge is 0.391 e. The van der Waals surface area contributed by atoms with Crippen LogP contribution < -0.4 is 4.90 Å². The van der Waals surface area contributed by atoms with Crippen LogP contribution in [0, 0.1) is 11.6 Å². The first kappa shape index (κ1) is 27.2. The summed E-state index contributed by atoms with van der Waals surface area (Å²) >= 11 is 0. The van der Waals surface area contributed by atoms with E-state index in [0.717, 1.165) is 44.3 Å². The number of aliphatic hydroxyl groups excluding tert-OH is 1. The van der Waals surface area contributed by atoms with E-state index in [1.807, 2.05) is 17.0 Å². The zero-order chi connectivity index (χ0) is 28.5. The highest BCUT2D eigenvalue weighted by Crippen LogP contribution is 2.31. The zero-order valence-electron chi connectivity index (χ0n) is 23.0. The van der Waals surface area contributed by atoms with E-state index in [2.05, 4.69) is 31.8 Å². The number of β-amino-alcohol motifs (C(OH)–C–C–N with tert-alkyl or cyclic N) is 1. The third-order valence-electron chi connectivity index (χ3n) is 8.12. The minimum Gasteiger partial charge on any atom is -0.391 e. The molecule has 2 aliphatic rings. The molecule has 5 heterocycles. The van der Waals surface area contributed by atoms with Gasteiger partial charge in [-0.05, 0) is 48.9 Å². The Balaban J connectivity index is 1.17. The van der Waals surface area contributed by atoms with Crippen molar-refractivity contribution in [2.75, 3.05) is 31.1 Å². The molecule has 41 heavy (non-hydrogen) atoms. The van der Waals surface area contributed by atoms with Gasteiger partial charge in [-0.15, -0.1) is 0 Å². The summed E-state index contributed by atoms with van der Waals surface area (Å²) in [4.78, 5) is 34.1. The van der Waals surface area contributed by atoms with E-state index in [4.69, 9.17) is 0 Å². The number of anilines is 1. The fourth-order valence-electron chi connectivity index (χ4n) is 5.90. The number of carbonyl (C=O) groups excluding carboxylic acids is 1. The van der Waals surface area contributed by atoms with Gasteiger partial charge >= 0.3 is 0 Å². The molecule has 9 nitrogen and oxygen atoms in total. The number of fused-ring (bicyclic) bond motifs is 1. The average molecular weight is 562 g/mol. The first-order valence-electron chi connectivity index (χ1n) is 14.2. The van der Waals surface area contributed by atoms with Crippen LogP contribution >= 0.6 is 0 Å². The summed E-state index contributed by atoms with van der Waals surface area (Å²) in [7, 11) is 0. The lowest BCUT2D eigenvalue weighted by atomic mass is 10.0. The summed E-state index contributed by atoms with van der Waals surface area (Å²) in [6.45, 7) is 4.30. The molecule has 214 valence electrons. The van der Waals surface area contributed by atoms with Crippen molar-refractivity contribution in [2.24, 2.45) is 0 Å². The summed E-state index contributed by atoms with van der Waals surface area (Å²) in [6, 6.07) is 4.37. The Hall–Kier alpha value is -3.99. The number of likely N-dealkylation sites (tertiary alicyclic amines) is 1. The second-order valence-corrected chi connectivity index (χ2v) is 10.9. The number of amides is 1. The minimum atomic E-state index is -0.556. The van der Waals surface area contributed by atoms with Crippen molar-refractivity contribution in [2.45, 2.75) is 57.6 Å². The summed E-state index contributed by atoms with van der Waals surface area (Å²) < 4.78 is 32.3. The average Bonchev–Trinajstić information content (AvgIpc) is 3.58. The van der Waals surface area contributed by atoms with Crippen LogP contribution in [0.4, 0.5) is 14.7 Å². The number of benzene rings is 1. The van der Waals surface area contributed by atoms with Gasteiger partial charge in [-0.3, -0.25) is 4.79 Å². The minimum absolute atomic E-state index is 0.0477. The van der Waals surface area contributed by atoms with Gasteiger partial charge in [0.05, 0.1) is 17.2 Å². The predicted molar refractivity (Wildman–Crippen MR) is 150 cm³/mol. The second-order valence-electron chi connectivity index (χ2n) is 10.9. The number of carbonyl (C=O) groups is 1. The molecule has 0 aliphatic carbocycles. The van der Waals surface area contributed by atoms with Gasteiger partial charge in [0.1, 0.15) is 17.8 Å². The monoisotopic (exact) mass is 561 g/mol. The molecule has 11 heteroatoms. The van der Waals surface area contributed by atoms with E-state index in [1.54, 1.807) is 12.1 Å². The van der Waals surface area contributed by atoms with Gasteiger partial charge in [-0.1, -0.05) is 19.4 Å². The van der Waals surface area contributed by atoms with Crippen LogP contribution in [0.3, 0.4) is 0 Å². The lowest BCUT2D eigenvalue weighted by molar-refractivity contribution is 0.0764. The highest BCUT2D eigenvalue weighted by Gasteiger charge is 2.27. The smallest absolute Gasteiger partial charge is 0.254 e. The molecule has 1 atom stereocenters. The van der Waals surface area contributed by atoms with E-state index in [1.165, 1.54) is 23.5 Å². The van der Waals surface area contributed by atoms with E-state index in [9.17, 15) is 9.90 Å². The summed E-state index contributed by atoms with van der Waals surface area (Å²) in [5.74, 6) is -0.595. The van der Waals surface area contributed by atoms with E-state index < -0.39 is 17.7 Å². The Labute approximate surface area is 236 Å². The van der Waals surface area contributed by atoms with Crippen molar-refractivity contribution in [3.05, 3.63) is 77.1 Å². The second kappa shape index (κ2) is 11.5. The van der Waals surface area contributed by atoms with Crippen LogP contribution in [-0.4, -0.2) is 72.7 Å². The number of halogens is 2. The Kier molecular flexibility index (Phi) is 7.61. The molecule has 4 aromatic rings. The van der Waals surface area contributed by atoms with E-state index >= 15 is 8.78 Å². The van der Waals surface area contributed by atoms with E-state index in [-0.39, 0.29) is 35.9 Å². The van der Waals surface area contributed by atoms with Crippen LogP contribution in [0.25, 0.3) is 11.0 Å². The molecule has 3 aromatic heterocycles. The third kappa shape index (κ3) is 5.50. The molecule has 0 radical (unpaired) electrons. The maximum atomic E-state index is 15.3. The van der Waals surface area contributed by atoms with Crippen molar-refractivity contribution in [3.8, 4) is 0 Å². The Bertz CT molecular complexity index is 1550. The van der Waals surface area contributed by atoms with Crippen molar-refractivity contribution < 1.29 is 18.7 Å². The molecule has 6 rings (SSSR count). The molecule has 0 unspecified atom stereocenters. The van der Waals surface area contributed by atoms with Crippen LogP contribution in [0.2, 0.25) is 0 Å². The summed E-state index contributed by atoms with van der Waals surface area (Å²) in [5, 5.41) is 10.0. The highest BCUT2D eigenvalue weighted by molar-refractivity contribution is 5.94. The van der Waals surface area contributed by atoms with Gasteiger partial charge < -0.3 is 19.5 Å². The van der Waals surface area contributed by atoms with Crippen LogP contribution in [0.1, 0.15) is 65.8 Å². The lowest BCUT2D eigenvalue weighted by Crippen LogP contribution is -2.35. The molecule has 0 saturated carbocycles. The number of piperidine rings is 1. The number of hydrogen-bond donors (Lipinski definition) is 1. The number of hydrogen-bond acceptors (Lipinski definition) is 7. The van der Waals surface area contributed by atoms with Gasteiger partial charge in [0.2, 0.25) is 5.95 Å². The number of aliphatic hydroxyl groups is 1. The number of aromatic nitrogens is 5. The predicted octanol–water partition coefficient (Wildman–Crippen LogP) is 4.09. The maximum absolute atomic E-state index is 15.3. The van der Waals surface area contributed by atoms with Crippen LogP contribution in [-0.2, 0) is 12.8 Å². The quantitative estimate of drug-likeness (QED) is 0.363. The fourth-order valence-corrected chi connectivity index (χ4v) is 5.90. The molecular formula is C30H33F2N7O2. The number of nitrogens with zero attached hydrogens (tertiary/aromatic N) is 7. The highest BCUT2D eigenvalue weighted by atomic mass is 19.1. The topological polar surface area (TPSA) is 100 Å². The van der Waals surface area contributed by atoms with Crippen molar-refractivity contribution in [3.63, 3.8) is 0 Å². The molecule has 2 saturated heterocycles. The number of aryl methyl sites for hydroxylation is 1. The van der Waals surface area contributed by atoms with Gasteiger partial charge in [0, 0.05) is 62.8 Å². The van der Waals surface area contributed by atoms with Crippen molar-refractivity contribution in [1.82, 2.24) is 29.4 Å². The first-order chi connectivity index (χ1) is 19.9. The van der Waals surface area contributed by atoms with Crippen LogP contribution in [0.15, 0.2) is 43.1 Å². The molecule has 1 N–H and O–H groups in total. The van der Waals surface area contributed by atoms with Gasteiger partial charge in [-0.25, -0.2) is 28.7 Å². The molecule has 0 bridgehead atoms. The Morgan fingerprint density at radius 2 is 1.80 bits per heavy atom. The Morgan fingerprint density at radius 3 is 2.49 bits per heavy atom. The number of rotatable bonds is 7. The van der Waals surface area contributed by atoms with Crippen molar-refractivity contribution >= 4 is 22.9 Å². The van der Waals surface area contributed by atoms with Gasteiger partial charge in [0.25, 0.3) is 5.91 Å². The standard InChI is InChI=1S/C30H33F2N7O2/c1-2-3-19-14-33-30(34-15-19)37-9-6-22(7-10-37)39-17-25(32)27-26(35-18-36-28(27)39)13-20-4-5-21(12-24(20)31)29(41)38-11-8-23(40)16-38/h4-5,12,14-15,17-18,22-23,40H,2-3,6-11,13,16H2,1H3/t23-/m1/s1. The normalized spacial score (nSPS) is 18.0. The summed E-state index contributed by atoms with van der Waals surface area (Å²) in [5.41, 5.74) is 2.55. The third-order valence-corrected chi connectivity index (χ3v) is 8.12. The maximum Gasteiger partial charge on any atom is 0.254 e. The van der Waals surface area contributed by atoms with Crippen LogP contribution in [0.5, 0.6) is 0 Å². The molecular weight excluding hydrogens is 528 g/mol. The summed E-state index contributed by atoms with van der Waals surface area (Å²) in [6.07, 6.45) is 10.2. The molecule has 2 fully saturated rings. The molecule has 1 aromatic carbocycles. The fraction of sp³-hybridized carbons (Fsp3) is 0.433.